The standard InChI is InChI=1S/C6H10N2O/c9-6-4-1-5(8-6)3-7-2-4/h4-5,7H,1-3H2,(H,8,9). The molecule has 2 saturated heterocycles. The van der Waals surface area contributed by atoms with Crippen LogP contribution in [-0.4, -0.2) is 25.0 Å². The number of rotatable bonds is 0. The van der Waals surface area contributed by atoms with E-state index in [4.69, 9.17) is 0 Å². The van der Waals surface area contributed by atoms with Crippen molar-refractivity contribution in [2.45, 2.75) is 12.5 Å². The van der Waals surface area contributed by atoms with E-state index in [1.54, 1.807) is 0 Å². The molecule has 2 atom stereocenters. The Morgan fingerprint density at radius 3 is 3.00 bits per heavy atom. The molecule has 0 aliphatic carbocycles. The fraction of sp³-hybridized carbons (Fsp3) is 0.833. The third kappa shape index (κ3) is 0.721. The fourth-order valence-electron chi connectivity index (χ4n) is 1.57. The highest BCUT2D eigenvalue weighted by atomic mass is 16.2. The topological polar surface area (TPSA) is 41.1 Å². The Bertz CT molecular complexity index is 146. The molecule has 0 aromatic heterocycles. The highest BCUT2D eigenvalue weighted by Gasteiger charge is 2.34. The van der Waals surface area contributed by atoms with Crippen molar-refractivity contribution in [1.82, 2.24) is 10.6 Å². The summed E-state index contributed by atoms with van der Waals surface area (Å²) >= 11 is 0. The Labute approximate surface area is 53.8 Å². The van der Waals surface area contributed by atoms with Gasteiger partial charge in [0, 0.05) is 19.1 Å². The van der Waals surface area contributed by atoms with Gasteiger partial charge in [0.05, 0.1) is 5.92 Å². The van der Waals surface area contributed by atoms with Crippen molar-refractivity contribution in [3.8, 4) is 0 Å². The first-order valence-electron chi connectivity index (χ1n) is 3.37. The van der Waals surface area contributed by atoms with E-state index < -0.39 is 0 Å². The van der Waals surface area contributed by atoms with E-state index in [-0.39, 0.29) is 11.8 Å². The molecule has 0 saturated carbocycles. The van der Waals surface area contributed by atoms with Gasteiger partial charge in [0.15, 0.2) is 0 Å². The van der Waals surface area contributed by atoms with Crippen LogP contribution in [0, 0.1) is 5.92 Å². The zero-order valence-corrected chi connectivity index (χ0v) is 5.18. The SMILES string of the molecule is O=C1NC2CNCC1C2. The van der Waals surface area contributed by atoms with E-state index in [2.05, 4.69) is 10.6 Å². The Balaban J connectivity index is 2.15. The molecule has 3 heteroatoms. The Morgan fingerprint density at radius 2 is 2.33 bits per heavy atom. The van der Waals surface area contributed by atoms with Crippen LogP contribution in [0.5, 0.6) is 0 Å². The van der Waals surface area contributed by atoms with Crippen molar-refractivity contribution >= 4 is 5.91 Å². The Morgan fingerprint density at radius 1 is 1.44 bits per heavy atom. The summed E-state index contributed by atoms with van der Waals surface area (Å²) in [6.45, 7) is 1.84. The average Bonchev–Trinajstić information content (AvgIpc) is 2.09. The fourth-order valence-corrected chi connectivity index (χ4v) is 1.57. The number of nitrogens with one attached hydrogen (secondary N) is 2. The largest absolute Gasteiger partial charge is 0.352 e. The molecule has 2 bridgehead atoms. The molecule has 1 amide bonds. The Kier molecular flexibility index (Phi) is 0.990. The molecule has 0 radical (unpaired) electrons. The predicted molar refractivity (Wildman–Crippen MR) is 32.9 cm³/mol. The van der Waals surface area contributed by atoms with E-state index in [1.165, 1.54) is 0 Å². The molecular formula is C6H10N2O. The quantitative estimate of drug-likeness (QED) is 0.441. The van der Waals surface area contributed by atoms with Crippen LogP contribution in [0.25, 0.3) is 0 Å². The molecule has 0 spiro atoms. The van der Waals surface area contributed by atoms with Gasteiger partial charge in [-0.1, -0.05) is 0 Å². The number of amides is 1. The molecule has 2 fully saturated rings. The van der Waals surface area contributed by atoms with Gasteiger partial charge < -0.3 is 10.6 Å². The van der Waals surface area contributed by atoms with Gasteiger partial charge in [-0.3, -0.25) is 4.79 Å². The van der Waals surface area contributed by atoms with Crippen molar-refractivity contribution in [3.63, 3.8) is 0 Å². The van der Waals surface area contributed by atoms with Crippen LogP contribution in [0.2, 0.25) is 0 Å². The summed E-state index contributed by atoms with van der Waals surface area (Å²) in [6.07, 6.45) is 1.05. The highest BCUT2D eigenvalue weighted by molar-refractivity contribution is 5.81. The molecule has 0 aromatic rings. The molecule has 2 unspecified atom stereocenters. The molecular weight excluding hydrogens is 116 g/mol. The van der Waals surface area contributed by atoms with E-state index in [1.807, 2.05) is 0 Å². The summed E-state index contributed by atoms with van der Waals surface area (Å²) < 4.78 is 0. The Hall–Kier alpha value is -0.570. The molecule has 0 aromatic carbocycles. The van der Waals surface area contributed by atoms with Crippen LogP contribution in [0.4, 0.5) is 0 Å². The van der Waals surface area contributed by atoms with Crippen molar-refractivity contribution in [3.05, 3.63) is 0 Å². The summed E-state index contributed by atoms with van der Waals surface area (Å²) in [6, 6.07) is 0.427. The molecule has 3 nitrogen and oxygen atoms in total. The molecule has 9 heavy (non-hydrogen) atoms. The summed E-state index contributed by atoms with van der Waals surface area (Å²) in [5, 5.41) is 6.11. The van der Waals surface area contributed by atoms with Gasteiger partial charge in [0.25, 0.3) is 0 Å². The second-order valence-corrected chi connectivity index (χ2v) is 2.80. The smallest absolute Gasteiger partial charge is 0.224 e. The van der Waals surface area contributed by atoms with Crippen molar-refractivity contribution < 1.29 is 4.79 Å². The number of hydrogen-bond acceptors (Lipinski definition) is 2. The van der Waals surface area contributed by atoms with E-state index in [0.29, 0.717) is 6.04 Å². The van der Waals surface area contributed by atoms with E-state index in [9.17, 15) is 4.79 Å². The van der Waals surface area contributed by atoms with Gasteiger partial charge in [-0.25, -0.2) is 0 Å². The van der Waals surface area contributed by atoms with E-state index >= 15 is 0 Å². The molecule has 50 valence electrons. The number of carbonyl (C=O) groups is 1. The van der Waals surface area contributed by atoms with Crippen LogP contribution in [-0.2, 0) is 4.79 Å². The van der Waals surface area contributed by atoms with Gasteiger partial charge in [-0.2, -0.15) is 0 Å². The van der Waals surface area contributed by atoms with Crippen molar-refractivity contribution in [2.75, 3.05) is 13.1 Å². The first kappa shape index (κ1) is 5.23. The third-order valence-corrected chi connectivity index (χ3v) is 2.07. The van der Waals surface area contributed by atoms with Gasteiger partial charge >= 0.3 is 0 Å². The number of hydrogen-bond donors (Lipinski definition) is 2. The van der Waals surface area contributed by atoms with E-state index in [0.717, 1.165) is 19.5 Å². The maximum atomic E-state index is 10.9. The zero-order chi connectivity index (χ0) is 6.27. The molecule has 2 heterocycles. The van der Waals surface area contributed by atoms with Crippen LogP contribution in [0.3, 0.4) is 0 Å². The summed E-state index contributed by atoms with van der Waals surface area (Å²) in [5.41, 5.74) is 0. The highest BCUT2D eigenvalue weighted by Crippen LogP contribution is 2.17. The summed E-state index contributed by atoms with van der Waals surface area (Å²) in [4.78, 5) is 10.9. The van der Waals surface area contributed by atoms with Crippen LogP contribution < -0.4 is 10.6 Å². The predicted octanol–water partition coefficient (Wildman–Crippen LogP) is -0.906. The normalized spacial score (nSPS) is 40.7. The minimum Gasteiger partial charge on any atom is -0.352 e. The second kappa shape index (κ2) is 1.70. The maximum absolute atomic E-state index is 10.9. The number of fused-ring (bicyclic) bond motifs is 2. The zero-order valence-electron chi connectivity index (χ0n) is 5.18. The maximum Gasteiger partial charge on any atom is 0.224 e. The van der Waals surface area contributed by atoms with Gasteiger partial charge in [-0.05, 0) is 6.42 Å². The number of piperidine rings is 1. The second-order valence-electron chi connectivity index (χ2n) is 2.80. The van der Waals surface area contributed by atoms with Crippen LogP contribution in [0.15, 0.2) is 0 Å². The van der Waals surface area contributed by atoms with Gasteiger partial charge in [0.1, 0.15) is 0 Å². The van der Waals surface area contributed by atoms with Crippen molar-refractivity contribution in [2.24, 2.45) is 5.92 Å². The van der Waals surface area contributed by atoms with Gasteiger partial charge in [-0.15, -0.1) is 0 Å². The van der Waals surface area contributed by atoms with Crippen LogP contribution >= 0.6 is 0 Å². The number of carbonyl (C=O) groups excluding carboxylic acids is 1. The lowest BCUT2D eigenvalue weighted by Crippen LogP contribution is -2.36. The first-order valence-corrected chi connectivity index (χ1v) is 3.37. The first-order chi connectivity index (χ1) is 4.36. The molecule has 2 aliphatic rings. The lowest BCUT2D eigenvalue weighted by atomic mass is 10.0. The lowest BCUT2D eigenvalue weighted by molar-refractivity contribution is -0.122. The minimum atomic E-state index is 0.241. The molecule has 2 rings (SSSR count). The van der Waals surface area contributed by atoms with Crippen LogP contribution in [0.1, 0.15) is 6.42 Å². The lowest BCUT2D eigenvalue weighted by Gasteiger charge is -2.16. The van der Waals surface area contributed by atoms with Crippen molar-refractivity contribution in [1.29, 1.82) is 0 Å². The summed E-state index contributed by atoms with van der Waals surface area (Å²) in [5.74, 6) is 0.508. The summed E-state index contributed by atoms with van der Waals surface area (Å²) in [7, 11) is 0. The minimum absolute atomic E-state index is 0.241. The third-order valence-electron chi connectivity index (χ3n) is 2.07. The monoisotopic (exact) mass is 126 g/mol. The average molecular weight is 126 g/mol. The molecule has 2 N–H and O–H groups in total. The van der Waals surface area contributed by atoms with Gasteiger partial charge in [0.2, 0.25) is 5.91 Å². The molecule has 2 aliphatic heterocycles.